The first-order chi connectivity index (χ1) is 13.3. The molecule has 1 saturated heterocycles. The van der Waals surface area contributed by atoms with Gasteiger partial charge in [-0.05, 0) is 31.3 Å². The fourth-order valence-corrected chi connectivity index (χ4v) is 3.36. The Morgan fingerprint density at radius 1 is 1.19 bits per heavy atom. The van der Waals surface area contributed by atoms with E-state index >= 15 is 0 Å². The van der Waals surface area contributed by atoms with E-state index in [1.807, 2.05) is 41.2 Å². The molecule has 0 bridgehead atoms. The molecular formula is C21H25N5O. The molecule has 1 aliphatic heterocycles. The molecule has 6 heteroatoms. The molecule has 1 unspecified atom stereocenters. The molecule has 1 aliphatic rings. The molecule has 1 aromatic carbocycles. The van der Waals surface area contributed by atoms with Crippen LogP contribution in [-0.2, 0) is 11.3 Å². The van der Waals surface area contributed by atoms with Gasteiger partial charge in [-0.3, -0.25) is 4.98 Å². The van der Waals surface area contributed by atoms with E-state index in [1.54, 1.807) is 6.20 Å². The number of likely N-dealkylation sites (N-methyl/N-ethyl adjacent to an activating group) is 1. The third kappa shape index (κ3) is 4.42. The highest BCUT2D eigenvalue weighted by Gasteiger charge is 2.18. The number of hydrogen-bond acceptors (Lipinski definition) is 5. The Labute approximate surface area is 159 Å². The summed E-state index contributed by atoms with van der Waals surface area (Å²) < 4.78 is 7.78. The van der Waals surface area contributed by atoms with E-state index in [0.29, 0.717) is 0 Å². The summed E-state index contributed by atoms with van der Waals surface area (Å²) in [4.78, 5) is 6.56. The molecular weight excluding hydrogens is 338 g/mol. The molecule has 0 spiro atoms. The SMILES string of the molecule is CN1CCOC(CNCc2cn(-c3ccccc3)nc2-c2cccnc2)C1. The van der Waals surface area contributed by atoms with Crippen LogP contribution in [0.1, 0.15) is 5.56 Å². The van der Waals surface area contributed by atoms with Crippen molar-refractivity contribution in [3.63, 3.8) is 0 Å². The topological polar surface area (TPSA) is 55.2 Å². The molecule has 27 heavy (non-hydrogen) atoms. The second kappa shape index (κ2) is 8.43. The number of hydrogen-bond donors (Lipinski definition) is 1. The monoisotopic (exact) mass is 363 g/mol. The molecule has 0 radical (unpaired) electrons. The number of pyridine rings is 1. The zero-order chi connectivity index (χ0) is 18.5. The van der Waals surface area contributed by atoms with Crippen LogP contribution in [0.25, 0.3) is 16.9 Å². The van der Waals surface area contributed by atoms with Crippen molar-refractivity contribution in [1.82, 2.24) is 25.0 Å². The molecule has 3 aromatic rings. The van der Waals surface area contributed by atoms with Crippen LogP contribution in [0.15, 0.2) is 61.1 Å². The van der Waals surface area contributed by atoms with Crippen LogP contribution < -0.4 is 5.32 Å². The maximum absolute atomic E-state index is 5.84. The minimum absolute atomic E-state index is 0.231. The Balaban J connectivity index is 1.52. The molecule has 6 nitrogen and oxygen atoms in total. The van der Waals surface area contributed by atoms with Crippen LogP contribution >= 0.6 is 0 Å². The molecule has 1 N–H and O–H groups in total. The number of nitrogens with one attached hydrogen (secondary N) is 1. The molecule has 3 heterocycles. The summed E-state index contributed by atoms with van der Waals surface area (Å²) in [6.45, 7) is 4.33. The second-order valence-corrected chi connectivity index (χ2v) is 6.91. The number of aromatic nitrogens is 3. The summed E-state index contributed by atoms with van der Waals surface area (Å²) in [6, 6.07) is 14.2. The van der Waals surface area contributed by atoms with Crippen LogP contribution in [0.2, 0.25) is 0 Å². The number of ether oxygens (including phenoxy) is 1. The van der Waals surface area contributed by atoms with E-state index in [0.717, 1.165) is 55.3 Å². The molecule has 0 saturated carbocycles. The summed E-state index contributed by atoms with van der Waals surface area (Å²) in [5.41, 5.74) is 4.18. The maximum Gasteiger partial charge on any atom is 0.0988 e. The zero-order valence-electron chi connectivity index (χ0n) is 15.6. The Morgan fingerprint density at radius 2 is 2.07 bits per heavy atom. The van der Waals surface area contributed by atoms with Gasteiger partial charge in [0.15, 0.2) is 0 Å². The first kappa shape index (κ1) is 17.9. The summed E-state index contributed by atoms with van der Waals surface area (Å²) in [6.07, 6.45) is 5.97. The summed E-state index contributed by atoms with van der Waals surface area (Å²) in [7, 11) is 2.14. The lowest BCUT2D eigenvalue weighted by Gasteiger charge is -2.30. The van der Waals surface area contributed by atoms with Crippen LogP contribution in [0.3, 0.4) is 0 Å². The van der Waals surface area contributed by atoms with Gasteiger partial charge in [0.1, 0.15) is 0 Å². The van der Waals surface area contributed by atoms with Crippen LogP contribution in [0.5, 0.6) is 0 Å². The predicted molar refractivity (Wildman–Crippen MR) is 106 cm³/mol. The molecule has 0 amide bonds. The highest BCUT2D eigenvalue weighted by Crippen LogP contribution is 2.23. The van der Waals surface area contributed by atoms with Gasteiger partial charge < -0.3 is 15.0 Å². The Hall–Kier alpha value is -2.54. The average molecular weight is 363 g/mol. The van der Waals surface area contributed by atoms with Crippen molar-refractivity contribution in [2.24, 2.45) is 0 Å². The minimum atomic E-state index is 0.231. The first-order valence-electron chi connectivity index (χ1n) is 9.35. The van der Waals surface area contributed by atoms with Crippen LogP contribution in [-0.4, -0.2) is 59.1 Å². The summed E-state index contributed by atoms with van der Waals surface area (Å²) >= 11 is 0. The van der Waals surface area contributed by atoms with Crippen molar-refractivity contribution in [2.75, 3.05) is 33.3 Å². The van der Waals surface area contributed by atoms with Gasteiger partial charge in [-0.15, -0.1) is 0 Å². The van der Waals surface area contributed by atoms with Gasteiger partial charge in [-0.2, -0.15) is 5.10 Å². The van der Waals surface area contributed by atoms with Crippen molar-refractivity contribution in [1.29, 1.82) is 0 Å². The number of morpholine rings is 1. The van der Waals surface area contributed by atoms with E-state index in [2.05, 4.69) is 40.6 Å². The van der Waals surface area contributed by atoms with Crippen LogP contribution in [0, 0.1) is 0 Å². The van der Waals surface area contributed by atoms with E-state index in [-0.39, 0.29) is 6.10 Å². The Morgan fingerprint density at radius 3 is 2.85 bits per heavy atom. The quantitative estimate of drug-likeness (QED) is 0.729. The van der Waals surface area contributed by atoms with Gasteiger partial charge in [-0.25, -0.2) is 4.68 Å². The Bertz CT molecular complexity index is 850. The Kier molecular flexibility index (Phi) is 5.58. The molecule has 1 atom stereocenters. The zero-order valence-corrected chi connectivity index (χ0v) is 15.6. The number of nitrogens with zero attached hydrogens (tertiary/aromatic N) is 4. The third-order valence-electron chi connectivity index (χ3n) is 4.78. The lowest BCUT2D eigenvalue weighted by Crippen LogP contribution is -2.44. The average Bonchev–Trinajstić information content (AvgIpc) is 3.14. The first-order valence-corrected chi connectivity index (χ1v) is 9.35. The van der Waals surface area contributed by atoms with Crippen molar-refractivity contribution < 1.29 is 4.74 Å². The molecule has 0 aliphatic carbocycles. The lowest BCUT2D eigenvalue weighted by molar-refractivity contribution is -0.0182. The molecule has 2 aromatic heterocycles. The van der Waals surface area contributed by atoms with Gasteiger partial charge in [0.05, 0.1) is 24.1 Å². The molecule has 4 rings (SSSR count). The number of rotatable bonds is 6. The third-order valence-corrected chi connectivity index (χ3v) is 4.78. The number of para-hydroxylation sites is 1. The van der Waals surface area contributed by atoms with Gasteiger partial charge in [0.25, 0.3) is 0 Å². The van der Waals surface area contributed by atoms with Gasteiger partial charge in [0.2, 0.25) is 0 Å². The van der Waals surface area contributed by atoms with Gasteiger partial charge in [0, 0.05) is 55.9 Å². The van der Waals surface area contributed by atoms with E-state index in [1.165, 1.54) is 0 Å². The van der Waals surface area contributed by atoms with Gasteiger partial charge >= 0.3 is 0 Å². The lowest BCUT2D eigenvalue weighted by atomic mass is 10.1. The van der Waals surface area contributed by atoms with E-state index in [4.69, 9.17) is 9.84 Å². The van der Waals surface area contributed by atoms with Crippen molar-refractivity contribution >= 4 is 0 Å². The van der Waals surface area contributed by atoms with E-state index < -0.39 is 0 Å². The highest BCUT2D eigenvalue weighted by molar-refractivity contribution is 5.62. The summed E-state index contributed by atoms with van der Waals surface area (Å²) in [5, 5.41) is 8.37. The predicted octanol–water partition coefficient (Wildman–Crippen LogP) is 2.35. The maximum atomic E-state index is 5.84. The van der Waals surface area contributed by atoms with E-state index in [9.17, 15) is 0 Å². The van der Waals surface area contributed by atoms with Crippen molar-refractivity contribution in [2.45, 2.75) is 12.6 Å². The van der Waals surface area contributed by atoms with Crippen molar-refractivity contribution in [3.8, 4) is 16.9 Å². The standard InChI is InChI=1S/C21H25N5O/c1-25-10-11-27-20(16-25)14-23-13-18-15-26(19-7-3-2-4-8-19)24-21(18)17-6-5-9-22-12-17/h2-9,12,15,20,23H,10-11,13-14,16H2,1H3. The minimum Gasteiger partial charge on any atom is -0.374 e. The fraction of sp³-hybridized carbons (Fsp3) is 0.333. The normalized spacial score (nSPS) is 17.9. The smallest absolute Gasteiger partial charge is 0.0988 e. The van der Waals surface area contributed by atoms with Crippen LogP contribution in [0.4, 0.5) is 0 Å². The van der Waals surface area contributed by atoms with Gasteiger partial charge in [-0.1, -0.05) is 18.2 Å². The second-order valence-electron chi connectivity index (χ2n) is 6.91. The largest absolute Gasteiger partial charge is 0.374 e. The molecule has 1 fully saturated rings. The van der Waals surface area contributed by atoms with Crippen molar-refractivity contribution in [3.05, 3.63) is 66.6 Å². The number of benzene rings is 1. The highest BCUT2D eigenvalue weighted by atomic mass is 16.5. The molecule has 140 valence electrons. The fourth-order valence-electron chi connectivity index (χ4n) is 3.36. The summed E-state index contributed by atoms with van der Waals surface area (Å²) in [5.74, 6) is 0.